The molecule has 0 bridgehead atoms. The molecule has 1 aromatic carbocycles. The molecule has 0 unspecified atom stereocenters. The molecule has 0 aliphatic heterocycles. The maximum absolute atomic E-state index is 10.8. The Labute approximate surface area is 109 Å². The summed E-state index contributed by atoms with van der Waals surface area (Å²) >= 11 is 1.59. The second kappa shape index (κ2) is 4.78. The number of aromatic nitrogens is 1. The Hall–Kier alpha value is -1.88. The predicted octanol–water partition coefficient (Wildman–Crippen LogP) is 3.19. The topological polar surface area (TPSA) is 62.2 Å². The lowest BCUT2D eigenvalue weighted by Crippen LogP contribution is -2.27. The van der Waals surface area contributed by atoms with Crippen LogP contribution in [0, 0.1) is 0 Å². The molecule has 2 aromatic rings. The van der Waals surface area contributed by atoms with E-state index in [-0.39, 0.29) is 11.1 Å². The van der Waals surface area contributed by atoms with Crippen molar-refractivity contribution >= 4 is 23.0 Å². The highest BCUT2D eigenvalue weighted by Crippen LogP contribution is 2.27. The van der Waals surface area contributed by atoms with Gasteiger partial charge in [0.25, 0.3) is 0 Å². The summed E-state index contributed by atoms with van der Waals surface area (Å²) < 4.78 is 0. The van der Waals surface area contributed by atoms with Crippen LogP contribution < -0.4 is 5.32 Å². The van der Waals surface area contributed by atoms with Gasteiger partial charge in [0, 0.05) is 17.3 Å². The lowest BCUT2D eigenvalue weighted by atomic mass is 10.1. The molecule has 0 fully saturated rings. The Bertz CT molecular complexity index is 533. The Balaban J connectivity index is 2.16. The molecular formula is C13H14N2O2S. The van der Waals surface area contributed by atoms with Gasteiger partial charge in [-0.05, 0) is 38.1 Å². The molecule has 2 N–H and O–H groups in total. The van der Waals surface area contributed by atoms with Crippen LogP contribution in [0.5, 0.6) is 0 Å². The van der Waals surface area contributed by atoms with Gasteiger partial charge in [-0.15, -0.1) is 11.3 Å². The van der Waals surface area contributed by atoms with Crippen molar-refractivity contribution in [1.82, 2.24) is 4.98 Å². The summed E-state index contributed by atoms with van der Waals surface area (Å²) in [6.07, 6.45) is 1.77. The summed E-state index contributed by atoms with van der Waals surface area (Å²) in [4.78, 5) is 15.0. The van der Waals surface area contributed by atoms with Crippen LogP contribution in [0.4, 0.5) is 5.69 Å². The smallest absolute Gasteiger partial charge is 0.335 e. The first-order valence-corrected chi connectivity index (χ1v) is 6.38. The maximum Gasteiger partial charge on any atom is 0.335 e. The maximum atomic E-state index is 10.8. The van der Waals surface area contributed by atoms with Gasteiger partial charge in [-0.1, -0.05) is 0 Å². The summed E-state index contributed by atoms with van der Waals surface area (Å²) in [7, 11) is 0. The first kappa shape index (κ1) is 12.6. The molecule has 5 heteroatoms. The fourth-order valence-electron chi connectivity index (χ4n) is 1.64. The second-order valence-corrected chi connectivity index (χ2v) is 5.36. The van der Waals surface area contributed by atoms with Gasteiger partial charge in [0.1, 0.15) is 5.01 Å². The van der Waals surface area contributed by atoms with Crippen molar-refractivity contribution in [2.45, 2.75) is 19.4 Å². The lowest BCUT2D eigenvalue weighted by Gasteiger charge is -2.25. The molecule has 1 heterocycles. The van der Waals surface area contributed by atoms with E-state index in [1.54, 1.807) is 41.8 Å². The predicted molar refractivity (Wildman–Crippen MR) is 72.2 cm³/mol. The number of anilines is 1. The van der Waals surface area contributed by atoms with Crippen LogP contribution in [0.15, 0.2) is 35.8 Å². The minimum Gasteiger partial charge on any atom is -0.478 e. The highest BCUT2D eigenvalue weighted by molar-refractivity contribution is 7.09. The average Bonchev–Trinajstić information content (AvgIpc) is 2.83. The normalized spacial score (nSPS) is 11.2. The SMILES string of the molecule is CC(C)(Nc1ccc(C(=O)O)cc1)c1nccs1. The number of rotatable bonds is 4. The quantitative estimate of drug-likeness (QED) is 0.888. The van der Waals surface area contributed by atoms with Crippen molar-refractivity contribution in [3.8, 4) is 0 Å². The van der Waals surface area contributed by atoms with E-state index in [0.29, 0.717) is 0 Å². The van der Waals surface area contributed by atoms with Crippen LogP contribution in [-0.4, -0.2) is 16.1 Å². The molecule has 0 saturated carbocycles. The molecule has 0 aliphatic rings. The van der Waals surface area contributed by atoms with Gasteiger partial charge in [-0.25, -0.2) is 9.78 Å². The average molecular weight is 262 g/mol. The number of benzene rings is 1. The number of carboxylic acids is 1. The van der Waals surface area contributed by atoms with Crippen molar-refractivity contribution in [1.29, 1.82) is 0 Å². The number of hydrogen-bond donors (Lipinski definition) is 2. The summed E-state index contributed by atoms with van der Waals surface area (Å²) in [5.74, 6) is -0.916. The molecule has 4 nitrogen and oxygen atoms in total. The molecule has 0 atom stereocenters. The molecule has 0 spiro atoms. The fraction of sp³-hybridized carbons (Fsp3) is 0.231. The van der Waals surface area contributed by atoms with Crippen molar-refractivity contribution < 1.29 is 9.90 Å². The third kappa shape index (κ3) is 2.68. The van der Waals surface area contributed by atoms with Gasteiger partial charge in [0.2, 0.25) is 0 Å². The van der Waals surface area contributed by atoms with E-state index in [2.05, 4.69) is 10.3 Å². The van der Waals surface area contributed by atoms with Crippen LogP contribution in [-0.2, 0) is 5.54 Å². The highest BCUT2D eigenvalue weighted by Gasteiger charge is 2.22. The molecule has 18 heavy (non-hydrogen) atoms. The van der Waals surface area contributed by atoms with Gasteiger partial charge in [0.05, 0.1) is 11.1 Å². The third-order valence-electron chi connectivity index (χ3n) is 2.56. The van der Waals surface area contributed by atoms with Gasteiger partial charge in [0.15, 0.2) is 0 Å². The van der Waals surface area contributed by atoms with Gasteiger partial charge in [-0.2, -0.15) is 0 Å². The summed E-state index contributed by atoms with van der Waals surface area (Å²) in [5.41, 5.74) is 0.881. The summed E-state index contributed by atoms with van der Waals surface area (Å²) in [6, 6.07) is 6.70. The van der Waals surface area contributed by atoms with E-state index in [0.717, 1.165) is 10.7 Å². The van der Waals surface area contributed by atoms with Crippen LogP contribution in [0.2, 0.25) is 0 Å². The zero-order valence-electron chi connectivity index (χ0n) is 10.2. The molecule has 2 rings (SSSR count). The summed E-state index contributed by atoms with van der Waals surface area (Å²) in [6.45, 7) is 4.08. The molecule has 1 aromatic heterocycles. The Morgan fingerprint density at radius 1 is 1.33 bits per heavy atom. The molecule has 94 valence electrons. The first-order chi connectivity index (χ1) is 8.49. The minimum absolute atomic E-state index is 0.279. The molecular weight excluding hydrogens is 248 g/mol. The van der Waals surface area contributed by atoms with Crippen molar-refractivity contribution in [3.05, 3.63) is 46.4 Å². The van der Waals surface area contributed by atoms with Gasteiger partial charge in [-0.3, -0.25) is 0 Å². The number of carbonyl (C=O) groups is 1. The van der Waals surface area contributed by atoms with E-state index < -0.39 is 5.97 Å². The second-order valence-electron chi connectivity index (χ2n) is 4.47. The number of aromatic carboxylic acids is 1. The Morgan fingerprint density at radius 2 is 2.00 bits per heavy atom. The van der Waals surface area contributed by atoms with E-state index in [1.807, 2.05) is 19.2 Å². The monoisotopic (exact) mass is 262 g/mol. The largest absolute Gasteiger partial charge is 0.478 e. The number of hydrogen-bond acceptors (Lipinski definition) is 4. The van der Waals surface area contributed by atoms with Crippen molar-refractivity contribution in [3.63, 3.8) is 0 Å². The van der Waals surface area contributed by atoms with Crippen LogP contribution >= 0.6 is 11.3 Å². The van der Waals surface area contributed by atoms with E-state index in [1.165, 1.54) is 0 Å². The molecule has 0 amide bonds. The van der Waals surface area contributed by atoms with E-state index in [9.17, 15) is 4.79 Å². The number of nitrogens with zero attached hydrogens (tertiary/aromatic N) is 1. The number of nitrogens with one attached hydrogen (secondary N) is 1. The first-order valence-electron chi connectivity index (χ1n) is 5.50. The van der Waals surface area contributed by atoms with Crippen molar-refractivity contribution in [2.24, 2.45) is 0 Å². The van der Waals surface area contributed by atoms with E-state index >= 15 is 0 Å². The zero-order chi connectivity index (χ0) is 13.2. The highest BCUT2D eigenvalue weighted by atomic mass is 32.1. The molecule has 0 radical (unpaired) electrons. The third-order valence-corrected chi connectivity index (χ3v) is 3.65. The Kier molecular flexibility index (Phi) is 3.34. The summed E-state index contributed by atoms with van der Waals surface area (Å²) in [5, 5.41) is 15.1. The Morgan fingerprint density at radius 3 is 2.50 bits per heavy atom. The van der Waals surface area contributed by atoms with Crippen LogP contribution in [0.1, 0.15) is 29.2 Å². The molecule has 0 aliphatic carbocycles. The zero-order valence-corrected chi connectivity index (χ0v) is 11.0. The fourth-order valence-corrected chi connectivity index (χ4v) is 2.36. The standard InChI is InChI=1S/C13H14N2O2S/c1-13(2,12-14-7-8-18-12)15-10-5-3-9(4-6-10)11(16)17/h3-8,15H,1-2H3,(H,16,17). The van der Waals surface area contributed by atoms with Gasteiger partial charge < -0.3 is 10.4 Å². The van der Waals surface area contributed by atoms with Crippen LogP contribution in [0.3, 0.4) is 0 Å². The van der Waals surface area contributed by atoms with Crippen LogP contribution in [0.25, 0.3) is 0 Å². The van der Waals surface area contributed by atoms with Crippen molar-refractivity contribution in [2.75, 3.05) is 5.32 Å². The van der Waals surface area contributed by atoms with E-state index in [4.69, 9.17) is 5.11 Å². The minimum atomic E-state index is -0.916. The lowest BCUT2D eigenvalue weighted by molar-refractivity contribution is 0.0697. The molecule has 0 saturated heterocycles. The number of thiazole rings is 1. The number of carboxylic acid groups (broad SMARTS) is 1. The van der Waals surface area contributed by atoms with Gasteiger partial charge >= 0.3 is 5.97 Å².